The SMILES string of the molecule is CC(C)c1cc2c(NC3CCCCC3CO)nccn2n1. The van der Waals surface area contributed by atoms with Gasteiger partial charge in [0.25, 0.3) is 0 Å². The minimum absolute atomic E-state index is 0.247. The van der Waals surface area contributed by atoms with Gasteiger partial charge in [-0.15, -0.1) is 0 Å². The number of rotatable bonds is 4. The molecule has 0 aliphatic heterocycles. The Hall–Kier alpha value is -1.62. The summed E-state index contributed by atoms with van der Waals surface area (Å²) in [5.41, 5.74) is 2.09. The van der Waals surface area contributed by atoms with Crippen LogP contribution in [0.5, 0.6) is 0 Å². The highest BCUT2D eigenvalue weighted by Crippen LogP contribution is 2.28. The summed E-state index contributed by atoms with van der Waals surface area (Å²) in [7, 11) is 0. The molecule has 0 amide bonds. The summed E-state index contributed by atoms with van der Waals surface area (Å²) >= 11 is 0. The number of anilines is 1. The molecular weight excluding hydrogens is 264 g/mol. The van der Waals surface area contributed by atoms with Crippen molar-refractivity contribution in [3.8, 4) is 0 Å². The van der Waals surface area contributed by atoms with Crippen molar-refractivity contribution >= 4 is 11.3 Å². The second-order valence-corrected chi connectivity index (χ2v) is 6.31. The molecular formula is C16H24N4O. The Bertz CT molecular complexity index is 607. The van der Waals surface area contributed by atoms with Crippen LogP contribution in [-0.2, 0) is 0 Å². The summed E-state index contributed by atoms with van der Waals surface area (Å²) < 4.78 is 1.89. The number of nitrogens with zero attached hydrogens (tertiary/aromatic N) is 3. The lowest BCUT2D eigenvalue weighted by atomic mass is 9.85. The number of aromatic nitrogens is 3. The van der Waals surface area contributed by atoms with Crippen LogP contribution in [0.3, 0.4) is 0 Å². The van der Waals surface area contributed by atoms with Gasteiger partial charge >= 0.3 is 0 Å². The van der Waals surface area contributed by atoms with E-state index in [1.54, 1.807) is 6.20 Å². The van der Waals surface area contributed by atoms with E-state index in [0.29, 0.717) is 17.9 Å². The zero-order valence-electron chi connectivity index (χ0n) is 12.8. The molecule has 5 nitrogen and oxygen atoms in total. The third-order valence-electron chi connectivity index (χ3n) is 4.47. The molecule has 2 aromatic rings. The van der Waals surface area contributed by atoms with Gasteiger partial charge in [-0.1, -0.05) is 26.7 Å². The van der Waals surface area contributed by atoms with Crippen molar-refractivity contribution in [3.05, 3.63) is 24.2 Å². The lowest BCUT2D eigenvalue weighted by Gasteiger charge is -2.31. The van der Waals surface area contributed by atoms with Gasteiger partial charge in [-0.3, -0.25) is 0 Å². The minimum Gasteiger partial charge on any atom is -0.396 e. The molecule has 0 saturated heterocycles. The van der Waals surface area contributed by atoms with Crippen LogP contribution in [0.25, 0.3) is 5.52 Å². The maximum atomic E-state index is 9.55. The van der Waals surface area contributed by atoms with Crippen molar-refractivity contribution in [2.24, 2.45) is 5.92 Å². The van der Waals surface area contributed by atoms with Crippen LogP contribution in [-0.4, -0.2) is 32.4 Å². The quantitative estimate of drug-likeness (QED) is 0.908. The molecule has 0 radical (unpaired) electrons. The van der Waals surface area contributed by atoms with E-state index in [1.807, 2.05) is 10.7 Å². The first-order valence-corrected chi connectivity index (χ1v) is 7.90. The van der Waals surface area contributed by atoms with E-state index in [0.717, 1.165) is 29.9 Å². The van der Waals surface area contributed by atoms with E-state index in [1.165, 1.54) is 12.8 Å². The number of fused-ring (bicyclic) bond motifs is 1. The lowest BCUT2D eigenvalue weighted by Crippen LogP contribution is -2.34. The normalized spacial score (nSPS) is 22.9. The Kier molecular flexibility index (Phi) is 4.10. The van der Waals surface area contributed by atoms with Crippen molar-refractivity contribution in [1.29, 1.82) is 0 Å². The minimum atomic E-state index is 0.247. The topological polar surface area (TPSA) is 62.5 Å². The number of aliphatic hydroxyl groups excluding tert-OH is 1. The zero-order valence-corrected chi connectivity index (χ0v) is 12.8. The van der Waals surface area contributed by atoms with Gasteiger partial charge in [0.15, 0.2) is 5.82 Å². The molecule has 2 aromatic heterocycles. The molecule has 5 heteroatoms. The zero-order chi connectivity index (χ0) is 14.8. The Balaban J connectivity index is 1.89. The molecule has 0 aromatic carbocycles. The van der Waals surface area contributed by atoms with Gasteiger partial charge < -0.3 is 10.4 Å². The van der Waals surface area contributed by atoms with Gasteiger partial charge in [0.1, 0.15) is 5.52 Å². The molecule has 1 aliphatic rings. The molecule has 2 heterocycles. The lowest BCUT2D eigenvalue weighted by molar-refractivity contribution is 0.178. The van der Waals surface area contributed by atoms with E-state index >= 15 is 0 Å². The highest BCUT2D eigenvalue weighted by Gasteiger charge is 2.25. The van der Waals surface area contributed by atoms with Gasteiger partial charge in [0.2, 0.25) is 0 Å². The second kappa shape index (κ2) is 6.02. The molecule has 114 valence electrons. The van der Waals surface area contributed by atoms with Crippen LogP contribution >= 0.6 is 0 Å². The smallest absolute Gasteiger partial charge is 0.152 e. The van der Waals surface area contributed by atoms with Gasteiger partial charge in [0, 0.05) is 31.0 Å². The molecule has 1 fully saturated rings. The molecule has 0 bridgehead atoms. The fraction of sp³-hybridized carbons (Fsp3) is 0.625. The maximum Gasteiger partial charge on any atom is 0.152 e. The van der Waals surface area contributed by atoms with E-state index < -0.39 is 0 Å². The van der Waals surface area contributed by atoms with Crippen molar-refractivity contribution in [3.63, 3.8) is 0 Å². The van der Waals surface area contributed by atoms with Gasteiger partial charge in [-0.25, -0.2) is 9.50 Å². The van der Waals surface area contributed by atoms with Crippen molar-refractivity contribution < 1.29 is 5.11 Å². The van der Waals surface area contributed by atoms with Gasteiger partial charge in [-0.05, 0) is 24.8 Å². The van der Waals surface area contributed by atoms with Crippen molar-refractivity contribution in [1.82, 2.24) is 14.6 Å². The average molecular weight is 288 g/mol. The Labute approximate surface area is 125 Å². The molecule has 21 heavy (non-hydrogen) atoms. The summed E-state index contributed by atoms with van der Waals surface area (Å²) in [6.45, 7) is 4.54. The summed E-state index contributed by atoms with van der Waals surface area (Å²) in [6, 6.07) is 2.41. The van der Waals surface area contributed by atoms with E-state index in [9.17, 15) is 5.11 Å². The van der Waals surface area contributed by atoms with Crippen LogP contribution in [0.15, 0.2) is 18.5 Å². The summed E-state index contributed by atoms with van der Waals surface area (Å²) in [6.07, 6.45) is 8.28. The maximum absolute atomic E-state index is 9.55. The average Bonchev–Trinajstić information content (AvgIpc) is 2.93. The third kappa shape index (κ3) is 2.88. The van der Waals surface area contributed by atoms with Crippen molar-refractivity contribution in [2.75, 3.05) is 11.9 Å². The van der Waals surface area contributed by atoms with Crippen molar-refractivity contribution in [2.45, 2.75) is 51.5 Å². The van der Waals surface area contributed by atoms with Crippen LogP contribution < -0.4 is 5.32 Å². The highest BCUT2D eigenvalue weighted by atomic mass is 16.3. The van der Waals surface area contributed by atoms with Gasteiger partial charge in [-0.2, -0.15) is 5.10 Å². The van der Waals surface area contributed by atoms with Crippen LogP contribution in [0, 0.1) is 5.92 Å². The Morgan fingerprint density at radius 3 is 2.95 bits per heavy atom. The number of aliphatic hydroxyl groups is 1. The summed E-state index contributed by atoms with van der Waals surface area (Å²) in [5, 5.41) is 17.7. The fourth-order valence-electron chi connectivity index (χ4n) is 3.13. The number of nitrogens with one attached hydrogen (secondary N) is 1. The van der Waals surface area contributed by atoms with E-state index in [-0.39, 0.29) is 6.61 Å². The second-order valence-electron chi connectivity index (χ2n) is 6.31. The molecule has 1 aliphatic carbocycles. The predicted molar refractivity (Wildman–Crippen MR) is 83.5 cm³/mol. The summed E-state index contributed by atoms with van der Waals surface area (Å²) in [4.78, 5) is 4.49. The predicted octanol–water partition coefficient (Wildman–Crippen LogP) is 2.82. The molecule has 0 spiro atoms. The first-order chi connectivity index (χ1) is 10.2. The van der Waals surface area contributed by atoms with Crippen LogP contribution in [0.2, 0.25) is 0 Å². The molecule has 2 unspecified atom stereocenters. The first kappa shape index (κ1) is 14.3. The van der Waals surface area contributed by atoms with E-state index in [4.69, 9.17) is 0 Å². The Morgan fingerprint density at radius 1 is 1.38 bits per heavy atom. The van der Waals surface area contributed by atoms with Crippen LogP contribution in [0.1, 0.15) is 51.1 Å². The fourth-order valence-corrected chi connectivity index (χ4v) is 3.13. The molecule has 1 saturated carbocycles. The molecule has 3 rings (SSSR count). The standard InChI is InChI=1S/C16H24N4O/c1-11(2)14-9-15-16(17-7-8-20(15)19-14)18-13-6-4-3-5-12(13)10-21/h7-9,11-13,21H,3-6,10H2,1-2H3,(H,17,18). The van der Waals surface area contributed by atoms with Gasteiger partial charge in [0.05, 0.1) is 5.69 Å². The van der Waals surface area contributed by atoms with Crippen LogP contribution in [0.4, 0.5) is 5.82 Å². The number of hydrogen-bond acceptors (Lipinski definition) is 4. The first-order valence-electron chi connectivity index (χ1n) is 7.90. The van der Waals surface area contributed by atoms with E-state index in [2.05, 4.69) is 35.3 Å². The molecule has 2 N–H and O–H groups in total. The number of hydrogen-bond donors (Lipinski definition) is 2. The third-order valence-corrected chi connectivity index (χ3v) is 4.47. The largest absolute Gasteiger partial charge is 0.396 e. The molecule has 2 atom stereocenters. The highest BCUT2D eigenvalue weighted by molar-refractivity contribution is 5.68. The summed E-state index contributed by atoms with van der Waals surface area (Å²) in [5.74, 6) is 1.60. The Morgan fingerprint density at radius 2 is 2.19 bits per heavy atom. The monoisotopic (exact) mass is 288 g/mol.